The molecule has 0 heterocycles. The number of rotatable bonds is 9. The number of para-hydroxylation sites is 1. The molecule has 0 bridgehead atoms. The first-order chi connectivity index (χ1) is 16.4. The van der Waals surface area contributed by atoms with Crippen LogP contribution in [0.1, 0.15) is 12.5 Å². The standard InChI is InChI=1S/C24H21N3O7/c1-16(28)34-21-13-12-18(23(27(30)31)24(21)32-2)14-25-26-22(29)15-33-20-11-7-6-10-19(20)17-8-4-3-5-9-17/h3-14H,15H2,1-2H3,(H,26,29)/b25-14+. The summed E-state index contributed by atoms with van der Waals surface area (Å²) >= 11 is 0. The Hall–Kier alpha value is -4.73. The number of carbonyl (C=O) groups excluding carboxylic acids is 2. The molecule has 0 aliphatic carbocycles. The van der Waals surface area contributed by atoms with Gasteiger partial charge in [-0.15, -0.1) is 0 Å². The minimum atomic E-state index is -0.696. The van der Waals surface area contributed by atoms with Gasteiger partial charge in [0.1, 0.15) is 5.75 Å². The van der Waals surface area contributed by atoms with Crippen LogP contribution in [-0.2, 0) is 9.59 Å². The van der Waals surface area contributed by atoms with Crippen molar-refractivity contribution in [2.24, 2.45) is 5.10 Å². The zero-order valence-electron chi connectivity index (χ0n) is 18.4. The number of esters is 1. The molecule has 10 nitrogen and oxygen atoms in total. The number of methoxy groups -OCH3 is 1. The molecular formula is C24H21N3O7. The van der Waals surface area contributed by atoms with Gasteiger partial charge < -0.3 is 14.2 Å². The molecule has 0 radical (unpaired) electrons. The van der Waals surface area contributed by atoms with Gasteiger partial charge in [0.25, 0.3) is 5.91 Å². The number of hydrogen-bond acceptors (Lipinski definition) is 8. The van der Waals surface area contributed by atoms with Crippen molar-refractivity contribution in [2.75, 3.05) is 13.7 Å². The first-order valence-electron chi connectivity index (χ1n) is 10.0. The van der Waals surface area contributed by atoms with Crippen molar-refractivity contribution < 1.29 is 28.7 Å². The summed E-state index contributed by atoms with van der Waals surface area (Å²) in [6, 6.07) is 19.5. The van der Waals surface area contributed by atoms with E-state index < -0.39 is 22.5 Å². The lowest BCUT2D eigenvalue weighted by atomic mass is 10.1. The zero-order chi connectivity index (χ0) is 24.5. The first-order valence-corrected chi connectivity index (χ1v) is 10.0. The molecule has 10 heteroatoms. The molecule has 3 aromatic carbocycles. The van der Waals surface area contributed by atoms with Gasteiger partial charge >= 0.3 is 11.7 Å². The van der Waals surface area contributed by atoms with E-state index in [1.54, 1.807) is 12.1 Å². The Balaban J connectivity index is 1.69. The number of carbonyl (C=O) groups is 2. The van der Waals surface area contributed by atoms with E-state index >= 15 is 0 Å². The minimum Gasteiger partial charge on any atom is -0.488 e. The predicted molar refractivity (Wildman–Crippen MR) is 124 cm³/mol. The Kier molecular flexibility index (Phi) is 7.90. The number of hydrazone groups is 1. The van der Waals surface area contributed by atoms with Gasteiger partial charge in [-0.2, -0.15) is 5.10 Å². The molecule has 0 saturated carbocycles. The van der Waals surface area contributed by atoms with Crippen LogP contribution in [0.4, 0.5) is 5.69 Å². The van der Waals surface area contributed by atoms with Gasteiger partial charge in [0, 0.05) is 12.5 Å². The van der Waals surface area contributed by atoms with Crippen LogP contribution >= 0.6 is 0 Å². The third kappa shape index (κ3) is 5.94. The van der Waals surface area contributed by atoms with E-state index in [4.69, 9.17) is 14.2 Å². The van der Waals surface area contributed by atoms with Crippen LogP contribution < -0.4 is 19.6 Å². The van der Waals surface area contributed by atoms with Gasteiger partial charge in [-0.05, 0) is 23.8 Å². The topological polar surface area (TPSA) is 129 Å². The summed E-state index contributed by atoms with van der Waals surface area (Å²) < 4.78 is 15.6. The fourth-order valence-electron chi connectivity index (χ4n) is 3.09. The van der Waals surface area contributed by atoms with Crippen molar-refractivity contribution in [3.05, 3.63) is 82.4 Å². The van der Waals surface area contributed by atoms with E-state index in [1.807, 2.05) is 42.5 Å². The van der Waals surface area contributed by atoms with Crippen LogP contribution in [0.15, 0.2) is 71.8 Å². The minimum absolute atomic E-state index is 0.0355. The molecule has 0 aromatic heterocycles. The summed E-state index contributed by atoms with van der Waals surface area (Å²) in [4.78, 5) is 34.3. The molecule has 1 amide bonds. The third-order valence-corrected chi connectivity index (χ3v) is 4.49. The van der Waals surface area contributed by atoms with E-state index in [0.717, 1.165) is 24.3 Å². The Morgan fingerprint density at radius 2 is 1.74 bits per heavy atom. The molecule has 1 N–H and O–H groups in total. The fraction of sp³-hybridized carbons (Fsp3) is 0.125. The number of hydrogen-bond donors (Lipinski definition) is 1. The van der Waals surface area contributed by atoms with Crippen LogP contribution in [0.3, 0.4) is 0 Å². The molecular weight excluding hydrogens is 442 g/mol. The molecule has 0 spiro atoms. The number of nitro benzene ring substituents is 1. The first kappa shape index (κ1) is 23.9. The average molecular weight is 463 g/mol. The molecule has 0 atom stereocenters. The van der Waals surface area contributed by atoms with Crippen molar-refractivity contribution in [2.45, 2.75) is 6.92 Å². The molecule has 3 rings (SSSR count). The summed E-state index contributed by atoms with van der Waals surface area (Å²) in [5.74, 6) is -1.04. The van der Waals surface area contributed by atoms with Crippen molar-refractivity contribution >= 4 is 23.8 Å². The number of ether oxygens (including phenoxy) is 3. The Bertz CT molecular complexity index is 1230. The smallest absolute Gasteiger partial charge is 0.323 e. The maximum Gasteiger partial charge on any atom is 0.323 e. The largest absolute Gasteiger partial charge is 0.488 e. The average Bonchev–Trinajstić information content (AvgIpc) is 2.83. The summed E-state index contributed by atoms with van der Waals surface area (Å²) in [5.41, 5.74) is 3.61. The zero-order valence-corrected chi connectivity index (χ0v) is 18.4. The number of nitro groups is 1. The summed E-state index contributed by atoms with van der Waals surface area (Å²) in [6.07, 6.45) is 1.09. The Morgan fingerprint density at radius 3 is 2.41 bits per heavy atom. The molecule has 3 aromatic rings. The highest BCUT2D eigenvalue weighted by molar-refractivity contribution is 5.90. The molecule has 0 saturated heterocycles. The second-order valence-electron chi connectivity index (χ2n) is 6.83. The molecule has 0 aliphatic heterocycles. The second-order valence-corrected chi connectivity index (χ2v) is 6.83. The maximum atomic E-state index is 12.2. The van der Waals surface area contributed by atoms with Gasteiger partial charge in [0.2, 0.25) is 5.75 Å². The fourth-order valence-corrected chi connectivity index (χ4v) is 3.09. The van der Waals surface area contributed by atoms with Crippen molar-refractivity contribution in [3.63, 3.8) is 0 Å². The van der Waals surface area contributed by atoms with Crippen LogP contribution in [-0.4, -0.2) is 36.7 Å². The van der Waals surface area contributed by atoms with Gasteiger partial charge in [-0.25, -0.2) is 5.43 Å². The van der Waals surface area contributed by atoms with Crippen LogP contribution in [0, 0.1) is 10.1 Å². The number of amides is 1. The van der Waals surface area contributed by atoms with E-state index in [9.17, 15) is 19.7 Å². The maximum absolute atomic E-state index is 12.2. The lowest BCUT2D eigenvalue weighted by Gasteiger charge is -2.11. The van der Waals surface area contributed by atoms with Crippen LogP contribution in [0.5, 0.6) is 17.2 Å². The van der Waals surface area contributed by atoms with E-state index in [0.29, 0.717) is 5.75 Å². The highest BCUT2D eigenvalue weighted by Gasteiger charge is 2.25. The molecule has 0 aliphatic rings. The monoisotopic (exact) mass is 463 g/mol. The summed E-state index contributed by atoms with van der Waals surface area (Å²) in [5, 5.41) is 15.3. The van der Waals surface area contributed by atoms with Crippen LogP contribution in [0.2, 0.25) is 0 Å². The van der Waals surface area contributed by atoms with E-state index in [2.05, 4.69) is 10.5 Å². The highest BCUT2D eigenvalue weighted by atomic mass is 16.6. The Labute approximate surface area is 194 Å². The summed E-state index contributed by atoms with van der Waals surface area (Å²) in [6.45, 7) is 0.842. The van der Waals surface area contributed by atoms with Gasteiger partial charge in [-0.3, -0.25) is 19.7 Å². The van der Waals surface area contributed by atoms with E-state index in [-0.39, 0.29) is 23.7 Å². The number of nitrogens with zero attached hydrogens (tertiary/aromatic N) is 2. The SMILES string of the molecule is COc1c(OC(C)=O)ccc(/C=N/NC(=O)COc2ccccc2-c2ccccc2)c1[N+](=O)[O-]. The van der Waals surface area contributed by atoms with E-state index in [1.165, 1.54) is 19.2 Å². The van der Waals surface area contributed by atoms with Gasteiger partial charge in [0.15, 0.2) is 12.4 Å². The summed E-state index contributed by atoms with van der Waals surface area (Å²) in [7, 11) is 1.21. The van der Waals surface area contributed by atoms with Crippen molar-refractivity contribution in [1.29, 1.82) is 0 Å². The normalized spacial score (nSPS) is 10.5. The van der Waals surface area contributed by atoms with Crippen molar-refractivity contribution in [3.8, 4) is 28.4 Å². The third-order valence-electron chi connectivity index (χ3n) is 4.49. The lowest BCUT2D eigenvalue weighted by molar-refractivity contribution is -0.385. The van der Waals surface area contributed by atoms with Gasteiger partial charge in [0.05, 0.1) is 23.8 Å². The molecule has 174 valence electrons. The van der Waals surface area contributed by atoms with Crippen molar-refractivity contribution in [1.82, 2.24) is 5.43 Å². The molecule has 34 heavy (non-hydrogen) atoms. The molecule has 0 fully saturated rings. The predicted octanol–water partition coefficient (Wildman–Crippen LogP) is 3.72. The molecule has 0 unspecified atom stereocenters. The number of nitrogens with one attached hydrogen (secondary N) is 1. The quantitative estimate of drug-likeness (QED) is 0.168. The van der Waals surface area contributed by atoms with Gasteiger partial charge in [-0.1, -0.05) is 48.5 Å². The number of benzene rings is 3. The lowest BCUT2D eigenvalue weighted by Crippen LogP contribution is -2.24. The van der Waals surface area contributed by atoms with Crippen LogP contribution in [0.25, 0.3) is 11.1 Å². The highest BCUT2D eigenvalue weighted by Crippen LogP contribution is 2.39. The Morgan fingerprint density at radius 1 is 1.03 bits per heavy atom. The second kappa shape index (κ2) is 11.2.